The van der Waals surface area contributed by atoms with Gasteiger partial charge in [-0.25, -0.2) is 13.2 Å². The Hall–Kier alpha value is -3.11. The van der Waals surface area contributed by atoms with Gasteiger partial charge < -0.3 is 15.4 Å². The lowest BCUT2D eigenvalue weighted by Gasteiger charge is -2.25. The Balaban J connectivity index is 1.67. The number of ether oxygens (including phenoxy) is 1. The summed E-state index contributed by atoms with van der Waals surface area (Å²) < 4.78 is 33.2. The van der Waals surface area contributed by atoms with Crippen molar-refractivity contribution >= 4 is 32.8 Å². The summed E-state index contributed by atoms with van der Waals surface area (Å²) in [6.07, 6.45) is 5.30. The molecule has 1 heterocycles. The fourth-order valence-electron chi connectivity index (χ4n) is 3.90. The predicted octanol–water partition coefficient (Wildman–Crippen LogP) is 3.01. The van der Waals surface area contributed by atoms with Crippen LogP contribution in [0.2, 0.25) is 0 Å². The summed E-state index contributed by atoms with van der Waals surface area (Å²) in [6.45, 7) is 4.00. The molecule has 0 bridgehead atoms. The van der Waals surface area contributed by atoms with Gasteiger partial charge in [-0.1, -0.05) is 35.9 Å². The average Bonchev–Trinajstić information content (AvgIpc) is 2.85. The van der Waals surface area contributed by atoms with Crippen LogP contribution in [0.5, 0.6) is 0 Å². The lowest BCUT2D eigenvalue weighted by molar-refractivity contribution is 0.0600. The zero-order chi connectivity index (χ0) is 25.4. The first-order valence-corrected chi connectivity index (χ1v) is 12.8. The predicted molar refractivity (Wildman–Crippen MR) is 138 cm³/mol. The van der Waals surface area contributed by atoms with Crippen LogP contribution in [0.3, 0.4) is 0 Å². The maximum Gasteiger partial charge on any atom is 0.337 e. The molecule has 35 heavy (non-hydrogen) atoms. The molecule has 3 aromatic rings. The first kappa shape index (κ1) is 26.5. The zero-order valence-corrected chi connectivity index (χ0v) is 21.2. The number of methoxy groups -OCH3 is 1. The van der Waals surface area contributed by atoms with Crippen LogP contribution in [0.4, 0.5) is 0 Å². The number of benzene rings is 2. The minimum Gasteiger partial charge on any atom is -0.465 e. The largest absolute Gasteiger partial charge is 0.465 e. The maximum atomic E-state index is 13.5. The molecule has 1 aromatic heterocycles. The van der Waals surface area contributed by atoms with E-state index in [0.29, 0.717) is 30.6 Å². The van der Waals surface area contributed by atoms with Crippen molar-refractivity contribution in [3.63, 3.8) is 0 Å². The Morgan fingerprint density at radius 2 is 1.83 bits per heavy atom. The smallest absolute Gasteiger partial charge is 0.337 e. The number of sulfonamides is 1. The highest BCUT2D eigenvalue weighted by atomic mass is 32.2. The molecule has 0 saturated heterocycles. The van der Waals surface area contributed by atoms with Crippen LogP contribution >= 0.6 is 0 Å². The van der Waals surface area contributed by atoms with Gasteiger partial charge in [0.2, 0.25) is 10.0 Å². The van der Waals surface area contributed by atoms with Crippen molar-refractivity contribution in [2.24, 2.45) is 5.73 Å². The van der Waals surface area contributed by atoms with Gasteiger partial charge in [-0.15, -0.1) is 0 Å². The van der Waals surface area contributed by atoms with Crippen molar-refractivity contribution < 1.29 is 17.9 Å². The van der Waals surface area contributed by atoms with Crippen LogP contribution < -0.4 is 5.73 Å². The summed E-state index contributed by atoms with van der Waals surface area (Å²) >= 11 is 0. The number of aromatic nitrogens is 1. The van der Waals surface area contributed by atoms with E-state index in [1.807, 2.05) is 38.2 Å². The molecule has 9 heteroatoms. The van der Waals surface area contributed by atoms with Crippen LogP contribution in [0.15, 0.2) is 71.4 Å². The molecule has 2 aromatic carbocycles. The summed E-state index contributed by atoms with van der Waals surface area (Å²) in [5.74, 6) is -0.367. The topological polar surface area (TPSA) is 106 Å². The molecule has 0 aliphatic heterocycles. The van der Waals surface area contributed by atoms with Crippen LogP contribution in [0.1, 0.15) is 22.8 Å². The van der Waals surface area contributed by atoms with Crippen LogP contribution in [0, 0.1) is 0 Å². The van der Waals surface area contributed by atoms with E-state index in [9.17, 15) is 13.2 Å². The summed E-state index contributed by atoms with van der Waals surface area (Å²) in [5.41, 5.74) is 8.34. The van der Waals surface area contributed by atoms with Crippen LogP contribution in [0.25, 0.3) is 16.8 Å². The molecule has 0 spiro atoms. The number of pyridine rings is 1. The second-order valence-electron chi connectivity index (χ2n) is 8.39. The minimum atomic E-state index is -3.73. The number of hydrogen-bond donors (Lipinski definition) is 1. The van der Waals surface area contributed by atoms with Crippen molar-refractivity contribution in [1.29, 1.82) is 0 Å². The molecular formula is C26H32N4O4S. The van der Waals surface area contributed by atoms with Crippen molar-refractivity contribution in [3.05, 3.63) is 77.6 Å². The van der Waals surface area contributed by atoms with Gasteiger partial charge >= 0.3 is 5.97 Å². The molecule has 0 aliphatic rings. The normalized spacial score (nSPS) is 12.5. The van der Waals surface area contributed by atoms with Crippen molar-refractivity contribution in [2.45, 2.75) is 11.8 Å². The summed E-state index contributed by atoms with van der Waals surface area (Å²) in [6, 6.07) is 14.1. The zero-order valence-electron chi connectivity index (χ0n) is 20.3. The molecule has 0 fully saturated rings. The lowest BCUT2D eigenvalue weighted by Crippen LogP contribution is -2.40. The SMILES string of the molecule is COC(=O)c1ccc(C=C(C)CN(C)CCN(CCN)S(=O)(=O)c2cccc3cnccc23)cc1. The van der Waals surface area contributed by atoms with Gasteiger partial charge in [-0.3, -0.25) is 4.98 Å². The van der Waals surface area contributed by atoms with Crippen LogP contribution in [-0.2, 0) is 14.8 Å². The van der Waals surface area contributed by atoms with Gasteiger partial charge in [-0.05, 0) is 43.8 Å². The number of fused-ring (bicyclic) bond motifs is 1. The lowest BCUT2D eigenvalue weighted by atomic mass is 10.1. The van der Waals surface area contributed by atoms with Gasteiger partial charge in [0.05, 0.1) is 17.6 Å². The van der Waals surface area contributed by atoms with Crippen molar-refractivity contribution in [2.75, 3.05) is 46.9 Å². The summed E-state index contributed by atoms with van der Waals surface area (Å²) in [7, 11) is -0.420. The minimum absolute atomic E-state index is 0.232. The summed E-state index contributed by atoms with van der Waals surface area (Å²) in [4.78, 5) is 18.0. The number of nitrogens with two attached hydrogens (primary N) is 1. The molecule has 0 unspecified atom stereocenters. The third-order valence-corrected chi connectivity index (χ3v) is 7.59. The number of esters is 1. The highest BCUT2D eigenvalue weighted by Crippen LogP contribution is 2.25. The van der Waals surface area contributed by atoms with E-state index >= 15 is 0 Å². The molecule has 0 aliphatic carbocycles. The number of nitrogens with zero attached hydrogens (tertiary/aromatic N) is 3. The monoisotopic (exact) mass is 496 g/mol. The van der Waals surface area contributed by atoms with Gasteiger partial charge in [0.1, 0.15) is 0 Å². The van der Waals surface area contributed by atoms with Crippen LogP contribution in [-0.4, -0.2) is 75.5 Å². The van der Waals surface area contributed by atoms with Crippen molar-refractivity contribution in [1.82, 2.24) is 14.2 Å². The van der Waals surface area contributed by atoms with Gasteiger partial charge in [0, 0.05) is 55.9 Å². The van der Waals surface area contributed by atoms with E-state index in [2.05, 4.69) is 9.88 Å². The number of hydrogen-bond acceptors (Lipinski definition) is 7. The second-order valence-corrected chi connectivity index (χ2v) is 10.3. The number of carbonyl (C=O) groups is 1. The first-order chi connectivity index (χ1) is 16.8. The van der Waals surface area contributed by atoms with E-state index in [-0.39, 0.29) is 24.0 Å². The molecule has 0 saturated carbocycles. The van der Waals surface area contributed by atoms with Gasteiger partial charge in [0.15, 0.2) is 0 Å². The number of rotatable bonds is 11. The maximum absolute atomic E-state index is 13.5. The van der Waals surface area contributed by atoms with E-state index in [1.54, 1.807) is 42.7 Å². The molecule has 8 nitrogen and oxygen atoms in total. The fraction of sp³-hybridized carbons (Fsp3) is 0.308. The number of likely N-dealkylation sites (N-methyl/N-ethyl adjacent to an activating group) is 1. The number of carbonyl (C=O) groups excluding carboxylic acids is 1. The quantitative estimate of drug-likeness (QED) is 0.407. The molecule has 0 radical (unpaired) electrons. The Morgan fingerprint density at radius 3 is 2.51 bits per heavy atom. The van der Waals surface area contributed by atoms with E-state index in [1.165, 1.54) is 11.4 Å². The second kappa shape index (κ2) is 12.0. The highest BCUT2D eigenvalue weighted by molar-refractivity contribution is 7.89. The Morgan fingerprint density at radius 1 is 1.09 bits per heavy atom. The Kier molecular flexibility index (Phi) is 9.11. The summed E-state index contributed by atoms with van der Waals surface area (Å²) in [5, 5.41) is 1.42. The Labute approximate surface area is 207 Å². The van der Waals surface area contributed by atoms with Gasteiger partial charge in [-0.2, -0.15) is 4.31 Å². The van der Waals surface area contributed by atoms with Gasteiger partial charge in [0.25, 0.3) is 0 Å². The molecule has 186 valence electrons. The fourth-order valence-corrected chi connectivity index (χ4v) is 5.56. The molecule has 2 N–H and O–H groups in total. The molecule has 0 amide bonds. The molecule has 0 atom stereocenters. The average molecular weight is 497 g/mol. The molecular weight excluding hydrogens is 464 g/mol. The molecule has 3 rings (SSSR count). The first-order valence-electron chi connectivity index (χ1n) is 11.3. The third-order valence-electron chi connectivity index (χ3n) is 5.63. The Bertz CT molecular complexity index is 1280. The third kappa shape index (κ3) is 6.73. The van der Waals surface area contributed by atoms with E-state index < -0.39 is 10.0 Å². The standard InChI is InChI=1S/C26H32N4O4S/c1-20(17-21-7-9-22(10-8-21)26(31)34-3)19-29(2)15-16-30(14-12-27)35(32,33)25-6-4-5-23-18-28-13-11-24(23)25/h4-11,13,17-18H,12,14-16,19,27H2,1-3H3. The van der Waals surface area contributed by atoms with Crippen molar-refractivity contribution in [3.8, 4) is 0 Å². The highest BCUT2D eigenvalue weighted by Gasteiger charge is 2.25. The van der Waals surface area contributed by atoms with E-state index in [0.717, 1.165) is 16.5 Å². The van der Waals surface area contributed by atoms with E-state index in [4.69, 9.17) is 10.5 Å².